The summed E-state index contributed by atoms with van der Waals surface area (Å²) in [7, 11) is 3.83. The van der Waals surface area contributed by atoms with E-state index in [1.165, 1.54) is 0 Å². The van der Waals surface area contributed by atoms with Crippen LogP contribution in [0.3, 0.4) is 0 Å². The van der Waals surface area contributed by atoms with Gasteiger partial charge in [-0.25, -0.2) is 4.98 Å². The van der Waals surface area contributed by atoms with Crippen molar-refractivity contribution in [2.75, 3.05) is 20.6 Å². The Balaban J connectivity index is 2.01. The topological polar surface area (TPSA) is 50.5 Å². The molecule has 5 heteroatoms. The average Bonchev–Trinajstić information content (AvgIpc) is 2.81. The van der Waals surface area contributed by atoms with Gasteiger partial charge in [0.2, 0.25) is 0 Å². The summed E-state index contributed by atoms with van der Waals surface area (Å²) in [5, 5.41) is 0.649. The minimum absolute atomic E-state index is 0.0401. The smallest absolute Gasteiger partial charge is 0.261 e. The lowest BCUT2D eigenvalue weighted by molar-refractivity contribution is 0.253. The molecule has 1 unspecified atom stereocenters. The molecule has 0 saturated carbocycles. The Morgan fingerprint density at radius 3 is 3.00 bits per heavy atom. The van der Waals surface area contributed by atoms with E-state index in [9.17, 15) is 4.79 Å². The number of aromatic nitrogens is 2. The van der Waals surface area contributed by atoms with Crippen molar-refractivity contribution in [2.24, 2.45) is 4.99 Å². The van der Waals surface area contributed by atoms with Crippen molar-refractivity contribution < 1.29 is 0 Å². The van der Waals surface area contributed by atoms with Crippen LogP contribution in [0.5, 0.6) is 0 Å². The van der Waals surface area contributed by atoms with Crippen LogP contribution in [0.15, 0.2) is 40.1 Å². The van der Waals surface area contributed by atoms with Gasteiger partial charge in [-0.3, -0.25) is 14.4 Å². The summed E-state index contributed by atoms with van der Waals surface area (Å²) in [4.78, 5) is 24.2. The van der Waals surface area contributed by atoms with Gasteiger partial charge < -0.3 is 4.90 Å². The molecule has 0 radical (unpaired) electrons. The third-order valence-electron chi connectivity index (χ3n) is 5.01. The molecule has 140 valence electrons. The van der Waals surface area contributed by atoms with Gasteiger partial charge in [0.1, 0.15) is 11.5 Å². The predicted octanol–water partition coefficient (Wildman–Crippen LogP) is 2.66. The minimum Gasteiger partial charge on any atom is -0.301 e. The van der Waals surface area contributed by atoms with E-state index in [2.05, 4.69) is 42.6 Å². The molecule has 1 aliphatic heterocycles. The first-order chi connectivity index (χ1) is 13.0. The lowest BCUT2D eigenvalue weighted by Crippen LogP contribution is -2.34. The third-order valence-corrected chi connectivity index (χ3v) is 5.01. The largest absolute Gasteiger partial charge is 0.301 e. The highest BCUT2D eigenvalue weighted by molar-refractivity contribution is 6.09. The molecule has 0 saturated heterocycles. The van der Waals surface area contributed by atoms with Crippen LogP contribution in [0.1, 0.15) is 31.7 Å². The fourth-order valence-electron chi connectivity index (χ4n) is 3.16. The predicted molar refractivity (Wildman–Crippen MR) is 111 cm³/mol. The molecule has 0 fully saturated rings. The van der Waals surface area contributed by atoms with Gasteiger partial charge in [0, 0.05) is 38.2 Å². The van der Waals surface area contributed by atoms with Crippen molar-refractivity contribution in [1.82, 2.24) is 14.5 Å². The fourth-order valence-corrected chi connectivity index (χ4v) is 3.16. The Labute approximate surface area is 160 Å². The Morgan fingerprint density at radius 1 is 1.44 bits per heavy atom. The van der Waals surface area contributed by atoms with Gasteiger partial charge in [0.05, 0.1) is 10.9 Å². The van der Waals surface area contributed by atoms with Gasteiger partial charge in [-0.1, -0.05) is 18.9 Å². The number of hydrogen-bond acceptors (Lipinski definition) is 4. The van der Waals surface area contributed by atoms with Gasteiger partial charge in [-0.05, 0) is 50.6 Å². The van der Waals surface area contributed by atoms with E-state index < -0.39 is 0 Å². The van der Waals surface area contributed by atoms with E-state index in [-0.39, 0.29) is 5.56 Å². The van der Waals surface area contributed by atoms with Crippen molar-refractivity contribution in [2.45, 2.75) is 39.3 Å². The number of fused-ring (bicyclic) bond motifs is 2. The molecule has 0 aliphatic carbocycles. The summed E-state index contributed by atoms with van der Waals surface area (Å²) < 4.78 is 1.83. The van der Waals surface area contributed by atoms with Crippen LogP contribution < -0.4 is 5.56 Å². The van der Waals surface area contributed by atoms with E-state index in [4.69, 9.17) is 4.98 Å². The van der Waals surface area contributed by atoms with Crippen molar-refractivity contribution in [3.8, 4) is 11.8 Å². The van der Waals surface area contributed by atoms with E-state index in [1.807, 2.05) is 34.9 Å². The Bertz CT molecular complexity index is 1020. The Kier molecular flexibility index (Phi) is 5.88. The van der Waals surface area contributed by atoms with Crippen LogP contribution in [0.25, 0.3) is 10.9 Å². The van der Waals surface area contributed by atoms with Crippen LogP contribution in [0.2, 0.25) is 0 Å². The number of aliphatic imine (C=N–C) groups is 1. The number of nitrogens with zero attached hydrogens (tertiary/aromatic N) is 4. The van der Waals surface area contributed by atoms with Crippen molar-refractivity contribution in [3.05, 3.63) is 52.1 Å². The second kappa shape index (κ2) is 8.32. The van der Waals surface area contributed by atoms with Crippen molar-refractivity contribution in [1.29, 1.82) is 0 Å². The summed E-state index contributed by atoms with van der Waals surface area (Å²) in [6.45, 7) is 5.80. The molecule has 5 nitrogen and oxygen atoms in total. The summed E-state index contributed by atoms with van der Waals surface area (Å²) in [6.07, 6.45) is 5.68. The molecule has 0 amide bonds. The van der Waals surface area contributed by atoms with E-state index >= 15 is 0 Å². The zero-order chi connectivity index (χ0) is 19.4. The van der Waals surface area contributed by atoms with E-state index in [0.29, 0.717) is 23.5 Å². The van der Waals surface area contributed by atoms with Crippen molar-refractivity contribution in [3.63, 3.8) is 0 Å². The monoisotopic (exact) mass is 362 g/mol. The number of rotatable bonds is 2. The molecule has 2 aromatic rings. The highest BCUT2D eigenvalue weighted by Gasteiger charge is 2.20. The van der Waals surface area contributed by atoms with Crippen LogP contribution in [0.4, 0.5) is 0 Å². The second-order valence-electron chi connectivity index (χ2n) is 6.92. The third kappa shape index (κ3) is 4.17. The maximum atomic E-state index is 13.0. The minimum atomic E-state index is 0.0401. The second-order valence-corrected chi connectivity index (χ2v) is 6.92. The van der Waals surface area contributed by atoms with Gasteiger partial charge in [-0.15, -0.1) is 0 Å². The van der Waals surface area contributed by atoms with Crippen LogP contribution in [-0.4, -0.2) is 46.8 Å². The summed E-state index contributed by atoms with van der Waals surface area (Å²) in [5.74, 6) is 7.07. The Hall–Kier alpha value is -2.71. The Morgan fingerprint density at radius 2 is 2.26 bits per heavy atom. The number of allylic oxidation sites excluding steroid dienone is 2. The standard InChI is InChI=1S/C22H26N4O/c1-5-6-7-18(23-3)10-8-17-9-11-19-20(14-17)24-21-12-13-25(4)16(2)15-26(21)22(19)27/h6-7,9,11,14,16H,5,12-13,15H2,1-4H3/b7-6-,23-18?. The molecule has 0 N–H and O–H groups in total. The molecule has 1 aromatic heterocycles. The molecular weight excluding hydrogens is 336 g/mol. The van der Waals surface area contributed by atoms with Gasteiger partial charge >= 0.3 is 0 Å². The van der Waals surface area contributed by atoms with Crippen LogP contribution in [0, 0.1) is 11.8 Å². The SMILES string of the molecule is CC/C=C\C(C#Cc1ccc2c(=O)n3c(nc2c1)CCN(C)C(C)C3)=NC. The maximum absolute atomic E-state index is 13.0. The molecule has 27 heavy (non-hydrogen) atoms. The highest BCUT2D eigenvalue weighted by Crippen LogP contribution is 2.15. The highest BCUT2D eigenvalue weighted by atomic mass is 16.1. The molecule has 2 heterocycles. The molecule has 0 bridgehead atoms. The van der Waals surface area contributed by atoms with Gasteiger partial charge in [-0.2, -0.15) is 0 Å². The molecule has 1 atom stereocenters. The van der Waals surface area contributed by atoms with Crippen LogP contribution in [-0.2, 0) is 13.0 Å². The first-order valence-electron chi connectivity index (χ1n) is 9.42. The maximum Gasteiger partial charge on any atom is 0.261 e. The van der Waals surface area contributed by atoms with Gasteiger partial charge in [0.25, 0.3) is 5.56 Å². The number of hydrogen-bond donors (Lipinski definition) is 0. The summed E-state index contributed by atoms with van der Waals surface area (Å²) >= 11 is 0. The fraction of sp³-hybridized carbons (Fsp3) is 0.409. The summed E-state index contributed by atoms with van der Waals surface area (Å²) in [5.41, 5.74) is 2.33. The quantitative estimate of drug-likeness (QED) is 0.610. The molecule has 0 spiro atoms. The zero-order valence-corrected chi connectivity index (χ0v) is 16.5. The molecule has 1 aromatic carbocycles. The van der Waals surface area contributed by atoms with Crippen molar-refractivity contribution >= 4 is 16.6 Å². The molecule has 1 aliphatic rings. The van der Waals surface area contributed by atoms with Crippen LogP contribution >= 0.6 is 0 Å². The van der Waals surface area contributed by atoms with E-state index in [0.717, 1.165) is 36.5 Å². The molecular formula is C22H26N4O. The van der Waals surface area contributed by atoms with Gasteiger partial charge in [0.15, 0.2) is 0 Å². The average molecular weight is 362 g/mol. The summed E-state index contributed by atoms with van der Waals surface area (Å²) in [6, 6.07) is 5.94. The van der Waals surface area contributed by atoms with E-state index in [1.54, 1.807) is 7.05 Å². The number of benzene rings is 1. The molecule has 3 rings (SSSR count). The zero-order valence-electron chi connectivity index (χ0n) is 16.5. The number of likely N-dealkylation sites (N-methyl/N-ethyl adjacent to an activating group) is 1. The lowest BCUT2D eigenvalue weighted by atomic mass is 10.1. The lowest BCUT2D eigenvalue weighted by Gasteiger charge is -2.21. The normalized spacial score (nSPS) is 18.2. The first-order valence-corrected chi connectivity index (χ1v) is 9.42. The first kappa shape index (κ1) is 19.1.